The van der Waals surface area contributed by atoms with E-state index < -0.39 is 41.6 Å². The molecule has 192 valence electrons. The van der Waals surface area contributed by atoms with E-state index >= 15 is 0 Å². The number of benzene rings is 2. The van der Waals surface area contributed by atoms with E-state index in [1.165, 1.54) is 0 Å². The summed E-state index contributed by atoms with van der Waals surface area (Å²) in [4.78, 5) is 51.0. The number of hydrogen-bond donors (Lipinski definition) is 0. The van der Waals surface area contributed by atoms with Crippen LogP contribution in [0, 0.1) is 47.5 Å². The van der Waals surface area contributed by atoms with Gasteiger partial charge in [-0.25, -0.2) is 9.59 Å². The average Bonchev–Trinajstić information content (AvgIpc) is 2.83. The average molecular weight is 493 g/mol. The van der Waals surface area contributed by atoms with Crippen LogP contribution in [0.3, 0.4) is 0 Å². The molecule has 0 aromatic heterocycles. The Kier molecular flexibility index (Phi) is 9.51. The molecule has 2 atom stereocenters. The molecule has 6 nitrogen and oxygen atoms in total. The van der Waals surface area contributed by atoms with Crippen LogP contribution in [0.25, 0.3) is 0 Å². The van der Waals surface area contributed by atoms with Gasteiger partial charge in [-0.1, -0.05) is 30.3 Å². The van der Waals surface area contributed by atoms with E-state index in [-0.39, 0.29) is 0 Å². The van der Waals surface area contributed by atoms with Gasteiger partial charge in [0.05, 0.1) is 0 Å². The highest BCUT2D eigenvalue weighted by Crippen LogP contribution is 2.24. The summed E-state index contributed by atoms with van der Waals surface area (Å²) in [6, 6.07) is 6.83. The number of Topliss-reactive ketones (excluding diaryl/α,β-unsaturated/α-hetero) is 2. The Balaban J connectivity index is 2.15. The highest BCUT2D eigenvalue weighted by Gasteiger charge is 2.32. The number of carbonyl (C=O) groups is 4. The summed E-state index contributed by atoms with van der Waals surface area (Å²) in [5.74, 6) is -3.93. The summed E-state index contributed by atoms with van der Waals surface area (Å²) >= 11 is 0. The molecule has 2 unspecified atom stereocenters. The Morgan fingerprint density at radius 2 is 1.06 bits per heavy atom. The molecule has 0 fully saturated rings. The molecular formula is C30H36O6. The van der Waals surface area contributed by atoms with Crippen LogP contribution in [0.1, 0.15) is 74.4 Å². The van der Waals surface area contributed by atoms with Crippen molar-refractivity contribution in [1.29, 1.82) is 0 Å². The zero-order valence-corrected chi connectivity index (χ0v) is 22.5. The van der Waals surface area contributed by atoms with Gasteiger partial charge >= 0.3 is 11.9 Å². The third-order valence-corrected chi connectivity index (χ3v) is 7.21. The molecule has 0 saturated heterocycles. The Hall–Kier alpha value is -3.54. The van der Waals surface area contributed by atoms with Gasteiger partial charge in [-0.2, -0.15) is 0 Å². The third kappa shape index (κ3) is 6.17. The van der Waals surface area contributed by atoms with E-state index in [0.29, 0.717) is 17.5 Å². The van der Waals surface area contributed by atoms with Gasteiger partial charge in [0.1, 0.15) is 12.2 Å². The van der Waals surface area contributed by atoms with Crippen LogP contribution in [-0.4, -0.2) is 35.7 Å². The lowest BCUT2D eigenvalue weighted by atomic mass is 9.93. The zero-order chi connectivity index (χ0) is 27.3. The lowest BCUT2D eigenvalue weighted by Gasteiger charge is -2.28. The van der Waals surface area contributed by atoms with Gasteiger partial charge in [0.25, 0.3) is 11.6 Å². The van der Waals surface area contributed by atoms with Crippen LogP contribution < -0.4 is 0 Å². The standard InChI is InChI=1S/C30H36O6/c1-10-11-26(22(8)35-29(33)27(31)24-14-12-16(2)18(4)20(24)6)23(9)36-30(34)28(32)25-15-13-17(3)19(5)21(25)7/h10,12-15,22-23,26H,1,11H2,2-9H3. The number of hydrogen-bond acceptors (Lipinski definition) is 6. The van der Waals surface area contributed by atoms with Crippen molar-refractivity contribution in [3.63, 3.8) is 0 Å². The quantitative estimate of drug-likeness (QED) is 0.184. The molecule has 0 amide bonds. The first kappa shape index (κ1) is 28.7. The van der Waals surface area contributed by atoms with E-state index in [1.807, 2.05) is 27.7 Å². The second kappa shape index (κ2) is 11.9. The lowest BCUT2D eigenvalue weighted by Crippen LogP contribution is -2.37. The number of aryl methyl sites for hydroxylation is 2. The number of rotatable bonds is 10. The Morgan fingerprint density at radius 1 is 0.694 bits per heavy atom. The maximum absolute atomic E-state index is 12.8. The van der Waals surface area contributed by atoms with Gasteiger partial charge in [-0.05, 0) is 95.2 Å². The molecule has 2 rings (SSSR count). The third-order valence-electron chi connectivity index (χ3n) is 7.21. The Morgan fingerprint density at radius 3 is 1.39 bits per heavy atom. The number of allylic oxidation sites excluding steroid dienone is 1. The van der Waals surface area contributed by atoms with Crippen LogP contribution in [0.4, 0.5) is 0 Å². The van der Waals surface area contributed by atoms with Crippen LogP contribution >= 0.6 is 0 Å². The van der Waals surface area contributed by atoms with Crippen molar-refractivity contribution in [2.24, 2.45) is 5.92 Å². The van der Waals surface area contributed by atoms with Crippen LogP contribution in [-0.2, 0) is 19.1 Å². The van der Waals surface area contributed by atoms with Crippen molar-refractivity contribution >= 4 is 23.5 Å². The van der Waals surface area contributed by atoms with E-state index in [2.05, 4.69) is 6.58 Å². The molecule has 0 aliphatic rings. The predicted octanol–water partition coefficient (Wildman–Crippen LogP) is 5.66. The molecule has 6 heteroatoms. The smallest absolute Gasteiger partial charge is 0.379 e. The van der Waals surface area contributed by atoms with Gasteiger partial charge in [0.15, 0.2) is 0 Å². The minimum atomic E-state index is -0.983. The molecular weight excluding hydrogens is 456 g/mol. The maximum Gasteiger partial charge on any atom is 0.379 e. The fourth-order valence-corrected chi connectivity index (χ4v) is 4.20. The summed E-state index contributed by atoms with van der Waals surface area (Å²) in [5.41, 5.74) is 5.99. The SMILES string of the molecule is C=CCC(C(C)OC(=O)C(=O)c1ccc(C)c(C)c1C)C(C)OC(=O)C(=O)c1ccc(C)c(C)c1C. The van der Waals surface area contributed by atoms with Gasteiger partial charge in [0, 0.05) is 17.0 Å². The molecule has 0 heterocycles. The van der Waals surface area contributed by atoms with Gasteiger partial charge in [-0.15, -0.1) is 6.58 Å². The summed E-state index contributed by atoms with van der Waals surface area (Å²) in [5, 5.41) is 0. The first-order valence-corrected chi connectivity index (χ1v) is 12.1. The fourth-order valence-electron chi connectivity index (χ4n) is 4.20. The predicted molar refractivity (Wildman–Crippen MR) is 139 cm³/mol. The first-order valence-electron chi connectivity index (χ1n) is 12.1. The second-order valence-electron chi connectivity index (χ2n) is 9.43. The van der Waals surface area contributed by atoms with Crippen molar-refractivity contribution in [3.8, 4) is 0 Å². The number of esters is 2. The Labute approximate surface area is 213 Å². The van der Waals surface area contributed by atoms with Crippen LogP contribution in [0.5, 0.6) is 0 Å². The van der Waals surface area contributed by atoms with E-state index in [4.69, 9.17) is 9.47 Å². The van der Waals surface area contributed by atoms with Crippen LogP contribution in [0.15, 0.2) is 36.9 Å². The van der Waals surface area contributed by atoms with E-state index in [9.17, 15) is 19.2 Å². The molecule has 0 radical (unpaired) electrons. The minimum absolute atomic E-state index is 0.296. The fraction of sp³-hybridized carbons (Fsp3) is 0.400. The topological polar surface area (TPSA) is 86.7 Å². The lowest BCUT2D eigenvalue weighted by molar-refractivity contribution is -0.153. The highest BCUT2D eigenvalue weighted by atomic mass is 16.6. The largest absolute Gasteiger partial charge is 0.456 e. The van der Waals surface area contributed by atoms with E-state index in [0.717, 1.165) is 33.4 Å². The molecule has 0 spiro atoms. The minimum Gasteiger partial charge on any atom is -0.456 e. The van der Waals surface area contributed by atoms with Crippen LogP contribution in [0.2, 0.25) is 0 Å². The normalized spacial score (nSPS) is 13.3. The molecule has 0 saturated carbocycles. The summed E-state index contributed by atoms with van der Waals surface area (Å²) in [6.45, 7) is 18.2. The monoisotopic (exact) mass is 492 g/mol. The highest BCUT2D eigenvalue weighted by molar-refractivity contribution is 6.41. The molecule has 0 N–H and O–H groups in total. The van der Waals surface area contributed by atoms with Crippen molar-refractivity contribution < 1.29 is 28.7 Å². The maximum atomic E-state index is 12.8. The molecule has 0 bridgehead atoms. The second-order valence-corrected chi connectivity index (χ2v) is 9.43. The van der Waals surface area contributed by atoms with Gasteiger partial charge in [-0.3, -0.25) is 9.59 Å². The number of ketones is 2. The summed E-state index contributed by atoms with van der Waals surface area (Å²) in [6.07, 6.45) is 0.417. The van der Waals surface area contributed by atoms with Crippen molar-refractivity contribution in [2.75, 3.05) is 0 Å². The van der Waals surface area contributed by atoms with Gasteiger partial charge in [0.2, 0.25) is 0 Å². The molecule has 2 aromatic rings. The number of carbonyl (C=O) groups excluding carboxylic acids is 4. The summed E-state index contributed by atoms with van der Waals surface area (Å²) in [7, 11) is 0. The molecule has 36 heavy (non-hydrogen) atoms. The summed E-state index contributed by atoms with van der Waals surface area (Å²) < 4.78 is 11.0. The van der Waals surface area contributed by atoms with Gasteiger partial charge < -0.3 is 9.47 Å². The van der Waals surface area contributed by atoms with Crippen molar-refractivity contribution in [3.05, 3.63) is 81.4 Å². The molecule has 0 aliphatic heterocycles. The van der Waals surface area contributed by atoms with Crippen molar-refractivity contribution in [2.45, 2.75) is 74.0 Å². The van der Waals surface area contributed by atoms with E-state index in [1.54, 1.807) is 58.0 Å². The first-order chi connectivity index (χ1) is 16.8. The molecule has 2 aromatic carbocycles. The number of ether oxygens (including phenoxy) is 2. The molecule has 0 aliphatic carbocycles. The van der Waals surface area contributed by atoms with Crippen molar-refractivity contribution in [1.82, 2.24) is 0 Å². The Bertz CT molecular complexity index is 1120. The zero-order valence-electron chi connectivity index (χ0n) is 22.5.